The first-order chi connectivity index (χ1) is 5.09. The van der Waals surface area contributed by atoms with Crippen molar-refractivity contribution in [1.29, 1.82) is 0 Å². The van der Waals surface area contributed by atoms with Crippen molar-refractivity contribution in [1.82, 2.24) is 0 Å². The number of hydrogen-bond donors (Lipinski definition) is 1. The van der Waals surface area contributed by atoms with E-state index in [-0.39, 0.29) is 6.61 Å². The molecule has 0 saturated carbocycles. The van der Waals surface area contributed by atoms with Crippen LogP contribution in [0.15, 0.2) is 12.0 Å². The maximum Gasteiger partial charge on any atom is 0.356 e. The van der Waals surface area contributed by atoms with Gasteiger partial charge < -0.3 is 4.74 Å². The SMILES string of the molecule is CCOC=C(C(=O)S)[N+](=O)[O-]. The summed E-state index contributed by atoms with van der Waals surface area (Å²) in [4.78, 5) is 19.6. The summed E-state index contributed by atoms with van der Waals surface area (Å²) >= 11 is 3.28. The zero-order valence-electron chi connectivity index (χ0n) is 5.81. The van der Waals surface area contributed by atoms with Crippen molar-refractivity contribution in [3.05, 3.63) is 22.1 Å². The van der Waals surface area contributed by atoms with Crippen LogP contribution in [-0.2, 0) is 9.53 Å². The molecule has 0 amide bonds. The van der Waals surface area contributed by atoms with Gasteiger partial charge in [0.25, 0.3) is 5.12 Å². The van der Waals surface area contributed by atoms with Crippen LogP contribution < -0.4 is 0 Å². The lowest BCUT2D eigenvalue weighted by atomic mass is 10.5. The largest absolute Gasteiger partial charge is 0.494 e. The molecule has 0 bridgehead atoms. The zero-order chi connectivity index (χ0) is 8.85. The van der Waals surface area contributed by atoms with Gasteiger partial charge in [-0.05, 0) is 6.92 Å². The molecular weight excluding hydrogens is 170 g/mol. The van der Waals surface area contributed by atoms with Gasteiger partial charge in [-0.1, -0.05) is 12.6 Å². The second-order valence-electron chi connectivity index (χ2n) is 1.52. The Labute approximate surface area is 68.6 Å². The monoisotopic (exact) mass is 177 g/mol. The third kappa shape index (κ3) is 3.61. The van der Waals surface area contributed by atoms with E-state index in [2.05, 4.69) is 17.4 Å². The highest BCUT2D eigenvalue weighted by Gasteiger charge is 2.17. The molecule has 0 aliphatic rings. The van der Waals surface area contributed by atoms with Crippen molar-refractivity contribution in [2.75, 3.05) is 6.61 Å². The van der Waals surface area contributed by atoms with Gasteiger partial charge in [0.2, 0.25) is 0 Å². The Morgan fingerprint density at radius 2 is 2.36 bits per heavy atom. The van der Waals surface area contributed by atoms with Crippen LogP contribution in [0.1, 0.15) is 6.92 Å². The molecule has 0 spiro atoms. The normalized spacial score (nSPS) is 10.9. The van der Waals surface area contributed by atoms with E-state index in [1.54, 1.807) is 6.92 Å². The Balaban J connectivity index is 4.33. The summed E-state index contributed by atoms with van der Waals surface area (Å²) in [6, 6.07) is 0. The van der Waals surface area contributed by atoms with Crippen molar-refractivity contribution in [3.63, 3.8) is 0 Å². The van der Waals surface area contributed by atoms with Gasteiger partial charge in [0.15, 0.2) is 6.26 Å². The van der Waals surface area contributed by atoms with E-state index in [4.69, 9.17) is 0 Å². The Morgan fingerprint density at radius 3 is 2.64 bits per heavy atom. The molecule has 11 heavy (non-hydrogen) atoms. The first kappa shape index (κ1) is 9.96. The summed E-state index contributed by atoms with van der Waals surface area (Å²) in [6.07, 6.45) is 0.787. The van der Waals surface area contributed by atoms with E-state index in [1.165, 1.54) is 0 Å². The van der Waals surface area contributed by atoms with Crippen LogP contribution in [0.4, 0.5) is 0 Å². The maximum absolute atomic E-state index is 10.4. The second-order valence-corrected chi connectivity index (χ2v) is 1.93. The van der Waals surface area contributed by atoms with Gasteiger partial charge in [0.05, 0.1) is 11.5 Å². The minimum Gasteiger partial charge on any atom is -0.494 e. The third-order valence-electron chi connectivity index (χ3n) is 0.777. The summed E-state index contributed by atoms with van der Waals surface area (Å²) in [5.41, 5.74) is -0.657. The lowest BCUT2D eigenvalue weighted by molar-refractivity contribution is -0.419. The fourth-order valence-electron chi connectivity index (χ4n) is 0.334. The quantitative estimate of drug-likeness (QED) is 0.224. The van der Waals surface area contributed by atoms with Gasteiger partial charge in [-0.15, -0.1) is 0 Å². The molecule has 0 atom stereocenters. The Morgan fingerprint density at radius 1 is 1.82 bits per heavy atom. The van der Waals surface area contributed by atoms with Gasteiger partial charge in [0, 0.05) is 0 Å². The lowest BCUT2D eigenvalue weighted by Gasteiger charge is -1.93. The summed E-state index contributed by atoms with van der Waals surface area (Å²) in [5.74, 6) is 0. The van der Waals surface area contributed by atoms with Crippen LogP contribution in [0.2, 0.25) is 0 Å². The number of carbonyl (C=O) groups excluding carboxylic acids is 1. The number of nitrogens with zero attached hydrogens (tertiary/aromatic N) is 1. The van der Waals surface area contributed by atoms with E-state index >= 15 is 0 Å². The number of hydrogen-bond acceptors (Lipinski definition) is 4. The molecule has 0 radical (unpaired) electrons. The Kier molecular flexibility index (Phi) is 4.28. The number of thiol groups is 1. The summed E-state index contributed by atoms with van der Waals surface area (Å²) in [7, 11) is 0. The standard InChI is InChI=1S/C5H7NO4S/c1-2-10-3-4(5(7)11)6(8)9/h3H,2H2,1H3,(H,7,11). The van der Waals surface area contributed by atoms with E-state index in [1.807, 2.05) is 0 Å². The number of ether oxygens (including phenoxy) is 1. The first-order valence-electron chi connectivity index (χ1n) is 2.79. The fraction of sp³-hybridized carbons (Fsp3) is 0.400. The van der Waals surface area contributed by atoms with Crippen molar-refractivity contribution >= 4 is 17.7 Å². The van der Waals surface area contributed by atoms with Crippen LogP contribution in [-0.4, -0.2) is 16.6 Å². The van der Waals surface area contributed by atoms with Gasteiger partial charge in [-0.2, -0.15) is 0 Å². The molecule has 0 saturated heterocycles. The van der Waals surface area contributed by atoms with Crippen LogP contribution >= 0.6 is 12.6 Å². The number of carbonyl (C=O) groups is 1. The highest BCUT2D eigenvalue weighted by molar-refractivity contribution is 7.97. The topological polar surface area (TPSA) is 69.4 Å². The maximum atomic E-state index is 10.4. The van der Waals surface area contributed by atoms with Crippen LogP contribution in [0.25, 0.3) is 0 Å². The predicted octanol–water partition coefficient (Wildman–Crippen LogP) is 0.597. The summed E-state index contributed by atoms with van der Waals surface area (Å²) in [6.45, 7) is 1.93. The first-order valence-corrected chi connectivity index (χ1v) is 3.23. The van der Waals surface area contributed by atoms with E-state index in [0.29, 0.717) is 0 Å². The second kappa shape index (κ2) is 4.73. The molecule has 0 heterocycles. The Hall–Kier alpha value is -1.04. The van der Waals surface area contributed by atoms with Crippen LogP contribution in [0.3, 0.4) is 0 Å². The molecule has 0 aromatic rings. The molecule has 0 N–H and O–H groups in total. The predicted molar refractivity (Wildman–Crippen MR) is 40.7 cm³/mol. The summed E-state index contributed by atoms with van der Waals surface area (Å²) in [5, 5.41) is 9.12. The zero-order valence-corrected chi connectivity index (χ0v) is 6.71. The number of nitro groups is 1. The highest BCUT2D eigenvalue weighted by Crippen LogP contribution is 2.00. The average molecular weight is 177 g/mol. The fourth-order valence-corrected chi connectivity index (χ4v) is 0.468. The van der Waals surface area contributed by atoms with Crippen molar-refractivity contribution in [2.24, 2.45) is 0 Å². The molecular formula is C5H7NO4S. The number of rotatable bonds is 4. The molecule has 0 aliphatic carbocycles. The van der Waals surface area contributed by atoms with Crippen LogP contribution in [0.5, 0.6) is 0 Å². The molecule has 5 nitrogen and oxygen atoms in total. The molecule has 0 unspecified atom stereocenters. The van der Waals surface area contributed by atoms with Gasteiger partial charge >= 0.3 is 5.70 Å². The molecule has 0 rings (SSSR count). The van der Waals surface area contributed by atoms with Gasteiger partial charge in [0.1, 0.15) is 0 Å². The lowest BCUT2D eigenvalue weighted by Crippen LogP contribution is -2.06. The third-order valence-corrected chi connectivity index (χ3v) is 1.01. The molecule has 62 valence electrons. The van der Waals surface area contributed by atoms with E-state index in [0.717, 1.165) is 6.26 Å². The molecule has 0 aromatic carbocycles. The molecule has 6 heteroatoms. The van der Waals surface area contributed by atoms with Gasteiger partial charge in [-0.25, -0.2) is 0 Å². The molecule has 0 aromatic heterocycles. The molecule has 0 fully saturated rings. The molecule has 0 aliphatic heterocycles. The average Bonchev–Trinajstić information content (AvgIpc) is 1.87. The van der Waals surface area contributed by atoms with Crippen LogP contribution in [0, 0.1) is 10.1 Å². The highest BCUT2D eigenvalue weighted by atomic mass is 32.1. The van der Waals surface area contributed by atoms with E-state index < -0.39 is 15.7 Å². The van der Waals surface area contributed by atoms with Crippen molar-refractivity contribution in [2.45, 2.75) is 6.92 Å². The minimum atomic E-state index is -0.913. The smallest absolute Gasteiger partial charge is 0.356 e. The Bertz CT molecular complexity index is 185. The summed E-state index contributed by atoms with van der Waals surface area (Å²) < 4.78 is 4.54. The van der Waals surface area contributed by atoms with Crippen molar-refractivity contribution in [3.8, 4) is 0 Å². The van der Waals surface area contributed by atoms with Crippen molar-refractivity contribution < 1.29 is 14.5 Å². The minimum absolute atomic E-state index is 0.276. The van der Waals surface area contributed by atoms with E-state index in [9.17, 15) is 14.9 Å². The van der Waals surface area contributed by atoms with Gasteiger partial charge in [-0.3, -0.25) is 14.9 Å².